The molecule has 2 aliphatic rings. The number of carbonyl (C=O) groups excluding carboxylic acids is 2. The highest BCUT2D eigenvalue weighted by molar-refractivity contribution is 6.34. The Morgan fingerprint density at radius 2 is 1.85 bits per heavy atom. The first kappa shape index (κ1) is 18.2. The number of aromatic nitrogens is 1. The van der Waals surface area contributed by atoms with Crippen LogP contribution in [0.5, 0.6) is 0 Å². The number of carbonyl (C=O) groups is 2. The highest BCUT2D eigenvalue weighted by Crippen LogP contribution is 2.34. The summed E-state index contributed by atoms with van der Waals surface area (Å²) in [4.78, 5) is 31.3. The van der Waals surface area contributed by atoms with Crippen LogP contribution in [0.4, 0.5) is 5.82 Å². The zero-order valence-corrected chi connectivity index (χ0v) is 15.4. The molecule has 1 aliphatic heterocycles. The lowest BCUT2D eigenvalue weighted by Gasteiger charge is -2.35. The number of fused-ring (bicyclic) bond motifs is 1. The van der Waals surface area contributed by atoms with Crippen LogP contribution in [0.2, 0.25) is 0 Å². The van der Waals surface area contributed by atoms with Gasteiger partial charge in [-0.05, 0) is 42.7 Å². The Hall–Kier alpha value is -2.62. The second kappa shape index (κ2) is 7.32. The van der Waals surface area contributed by atoms with Gasteiger partial charge in [0.1, 0.15) is 11.9 Å². The quantitative estimate of drug-likeness (QED) is 0.807. The molecule has 0 bridgehead atoms. The number of pyridine rings is 1. The van der Waals surface area contributed by atoms with E-state index in [1.807, 2.05) is 0 Å². The van der Waals surface area contributed by atoms with Gasteiger partial charge in [0, 0.05) is 31.9 Å². The van der Waals surface area contributed by atoms with E-state index in [4.69, 9.17) is 10.7 Å². The molecule has 1 saturated heterocycles. The minimum Gasteiger partial charge on any atom is -0.361 e. The molecule has 7 nitrogen and oxygen atoms in total. The molecule has 0 saturated carbocycles. The molecular weight excluding hydrogens is 330 g/mol. The van der Waals surface area contributed by atoms with E-state index in [0.29, 0.717) is 37.7 Å². The van der Waals surface area contributed by atoms with Crippen molar-refractivity contribution in [2.75, 3.05) is 31.1 Å². The number of anilines is 1. The number of piperazine rings is 1. The summed E-state index contributed by atoms with van der Waals surface area (Å²) in [7, 11) is 0. The van der Waals surface area contributed by atoms with E-state index in [1.54, 1.807) is 0 Å². The Bertz CT molecular complexity index is 773. The molecule has 1 aromatic heterocycles. The Labute approximate surface area is 153 Å². The molecule has 2 N–H and O–H groups in total. The highest BCUT2D eigenvalue weighted by atomic mass is 16.2. The van der Waals surface area contributed by atoms with Crippen molar-refractivity contribution in [3.63, 3.8) is 0 Å². The Morgan fingerprint density at radius 3 is 2.42 bits per heavy atom. The molecule has 1 aromatic rings. The summed E-state index contributed by atoms with van der Waals surface area (Å²) >= 11 is 0. The van der Waals surface area contributed by atoms with Gasteiger partial charge in [0.15, 0.2) is 0 Å². The number of hydrogen-bond acceptors (Lipinski definition) is 5. The average molecular weight is 355 g/mol. The van der Waals surface area contributed by atoms with Crippen LogP contribution in [0.1, 0.15) is 42.7 Å². The lowest BCUT2D eigenvalue weighted by molar-refractivity contribution is -0.144. The fraction of sp³-hybridized carbons (Fsp3) is 0.579. The van der Waals surface area contributed by atoms with Crippen LogP contribution < -0.4 is 10.6 Å². The molecule has 0 aromatic carbocycles. The Balaban J connectivity index is 1.90. The van der Waals surface area contributed by atoms with Crippen LogP contribution in [-0.2, 0) is 28.9 Å². The van der Waals surface area contributed by atoms with Crippen LogP contribution in [0.25, 0.3) is 0 Å². The molecule has 3 rings (SSSR count). The number of nitrogens with zero attached hydrogens (tertiary/aromatic N) is 4. The Morgan fingerprint density at radius 1 is 1.19 bits per heavy atom. The maximum absolute atomic E-state index is 11.8. The second-order valence-corrected chi connectivity index (χ2v) is 7.42. The van der Waals surface area contributed by atoms with Crippen molar-refractivity contribution < 1.29 is 9.59 Å². The summed E-state index contributed by atoms with van der Waals surface area (Å²) in [5, 5.41) is 9.76. The van der Waals surface area contributed by atoms with Crippen molar-refractivity contribution in [2.24, 2.45) is 11.7 Å². The molecule has 2 amide bonds. The van der Waals surface area contributed by atoms with Crippen molar-refractivity contribution in [3.05, 3.63) is 22.4 Å². The highest BCUT2D eigenvalue weighted by Gasteiger charge is 2.29. The van der Waals surface area contributed by atoms with Crippen LogP contribution in [-0.4, -0.2) is 47.9 Å². The first-order chi connectivity index (χ1) is 12.4. The van der Waals surface area contributed by atoms with E-state index >= 15 is 0 Å². The second-order valence-electron chi connectivity index (χ2n) is 7.42. The Kier molecular flexibility index (Phi) is 5.12. The van der Waals surface area contributed by atoms with E-state index < -0.39 is 11.8 Å². The van der Waals surface area contributed by atoms with Crippen molar-refractivity contribution in [1.29, 1.82) is 5.26 Å². The smallest absolute Gasteiger partial charge is 0.311 e. The molecule has 2 heterocycles. The van der Waals surface area contributed by atoms with E-state index in [1.165, 1.54) is 10.5 Å². The summed E-state index contributed by atoms with van der Waals surface area (Å²) < 4.78 is 0. The molecule has 26 heavy (non-hydrogen) atoms. The first-order valence-corrected chi connectivity index (χ1v) is 9.20. The van der Waals surface area contributed by atoms with Crippen molar-refractivity contribution >= 4 is 17.6 Å². The first-order valence-electron chi connectivity index (χ1n) is 9.20. The maximum Gasteiger partial charge on any atom is 0.311 e. The van der Waals surface area contributed by atoms with E-state index in [2.05, 4.69) is 24.8 Å². The number of rotatable bonds is 3. The average Bonchev–Trinajstić information content (AvgIpc) is 3.10. The topological polar surface area (TPSA) is 103 Å². The van der Waals surface area contributed by atoms with Crippen LogP contribution in [0.15, 0.2) is 0 Å². The molecule has 7 heteroatoms. The third kappa shape index (κ3) is 3.36. The maximum atomic E-state index is 11.8. The van der Waals surface area contributed by atoms with Gasteiger partial charge in [-0.2, -0.15) is 5.26 Å². The third-order valence-corrected chi connectivity index (χ3v) is 5.12. The molecular formula is C19H25N5O2. The summed E-state index contributed by atoms with van der Waals surface area (Å²) in [6.07, 6.45) is 3.90. The van der Waals surface area contributed by atoms with Gasteiger partial charge in [-0.15, -0.1) is 0 Å². The molecule has 0 atom stereocenters. The van der Waals surface area contributed by atoms with Gasteiger partial charge in [0.25, 0.3) is 0 Å². The zero-order valence-electron chi connectivity index (χ0n) is 15.4. The van der Waals surface area contributed by atoms with Gasteiger partial charge < -0.3 is 15.5 Å². The predicted molar refractivity (Wildman–Crippen MR) is 97.5 cm³/mol. The monoisotopic (exact) mass is 355 g/mol. The number of nitriles is 1. The lowest BCUT2D eigenvalue weighted by atomic mass is 9.97. The van der Waals surface area contributed by atoms with Crippen LogP contribution in [0, 0.1) is 17.2 Å². The number of amides is 2. The van der Waals surface area contributed by atoms with E-state index in [0.717, 1.165) is 42.8 Å². The molecule has 0 spiro atoms. The number of primary amides is 1. The lowest BCUT2D eigenvalue weighted by Crippen LogP contribution is -2.52. The summed E-state index contributed by atoms with van der Waals surface area (Å²) in [6.45, 7) is 6.25. The summed E-state index contributed by atoms with van der Waals surface area (Å²) in [6, 6.07) is 2.37. The normalized spacial score (nSPS) is 16.5. The van der Waals surface area contributed by atoms with Gasteiger partial charge in [-0.1, -0.05) is 13.8 Å². The molecule has 138 valence electrons. The van der Waals surface area contributed by atoms with Gasteiger partial charge >= 0.3 is 11.8 Å². The summed E-state index contributed by atoms with van der Waals surface area (Å²) in [5.74, 6) is -0.341. The van der Waals surface area contributed by atoms with E-state index in [-0.39, 0.29) is 0 Å². The summed E-state index contributed by atoms with van der Waals surface area (Å²) in [5.41, 5.74) is 9.30. The largest absolute Gasteiger partial charge is 0.361 e. The third-order valence-electron chi connectivity index (χ3n) is 5.12. The zero-order chi connectivity index (χ0) is 18.8. The standard InChI is InChI=1S/C19H25N5O2/c1-12(2)10-16-14-5-3-4-13(14)15(11-20)18(22-16)23-6-8-24(9-7-23)19(26)17(21)25/h12H,3-10H2,1-2H3,(H2,21,25). The van der Waals surface area contributed by atoms with E-state index in [9.17, 15) is 14.9 Å². The molecule has 0 radical (unpaired) electrons. The van der Waals surface area contributed by atoms with Crippen molar-refractivity contribution in [2.45, 2.75) is 39.5 Å². The van der Waals surface area contributed by atoms with Gasteiger partial charge in [0.05, 0.1) is 5.56 Å². The predicted octanol–water partition coefficient (Wildman–Crippen LogP) is 0.774. The molecule has 1 fully saturated rings. The minimum absolute atomic E-state index is 0.408. The fourth-order valence-electron chi connectivity index (χ4n) is 3.90. The fourth-order valence-corrected chi connectivity index (χ4v) is 3.90. The van der Waals surface area contributed by atoms with Gasteiger partial charge in [-0.3, -0.25) is 9.59 Å². The van der Waals surface area contributed by atoms with Crippen LogP contribution >= 0.6 is 0 Å². The van der Waals surface area contributed by atoms with Crippen molar-refractivity contribution in [1.82, 2.24) is 9.88 Å². The number of hydrogen-bond donors (Lipinski definition) is 1. The van der Waals surface area contributed by atoms with Gasteiger partial charge in [0.2, 0.25) is 0 Å². The van der Waals surface area contributed by atoms with Crippen LogP contribution in [0.3, 0.4) is 0 Å². The molecule has 1 aliphatic carbocycles. The number of nitrogens with two attached hydrogens (primary N) is 1. The molecule has 0 unspecified atom stereocenters. The van der Waals surface area contributed by atoms with Crippen molar-refractivity contribution in [3.8, 4) is 6.07 Å². The minimum atomic E-state index is -0.925. The van der Waals surface area contributed by atoms with Gasteiger partial charge in [-0.25, -0.2) is 4.98 Å². The SMILES string of the molecule is CC(C)Cc1nc(N2CCN(C(=O)C(N)=O)CC2)c(C#N)c2c1CCC2.